The summed E-state index contributed by atoms with van der Waals surface area (Å²) in [4.78, 5) is 15.1. The number of aryl methyl sites for hydroxylation is 3. The van der Waals surface area contributed by atoms with Crippen molar-refractivity contribution in [1.82, 2.24) is 4.98 Å². The van der Waals surface area contributed by atoms with Crippen molar-refractivity contribution in [2.75, 3.05) is 5.32 Å². The molecule has 0 aliphatic carbocycles. The number of hydrogen-bond acceptors (Lipinski definition) is 2. The highest BCUT2D eigenvalue weighted by atomic mass is 16.1. The number of carbonyl (C=O) groups is 1. The maximum Gasteiger partial charge on any atom is 0.221 e. The van der Waals surface area contributed by atoms with Gasteiger partial charge in [0.15, 0.2) is 0 Å². The molecule has 1 aromatic heterocycles. The second-order valence-corrected chi connectivity index (χ2v) is 3.20. The van der Waals surface area contributed by atoms with Crippen LogP contribution >= 0.6 is 0 Å². The highest BCUT2D eigenvalue weighted by molar-refractivity contribution is 5.89. The van der Waals surface area contributed by atoms with E-state index in [2.05, 4.69) is 10.3 Å². The van der Waals surface area contributed by atoms with E-state index in [0.717, 1.165) is 22.6 Å². The van der Waals surface area contributed by atoms with Crippen LogP contribution in [-0.2, 0) is 4.79 Å². The minimum atomic E-state index is -0.0619. The molecule has 0 aromatic carbocycles. The summed E-state index contributed by atoms with van der Waals surface area (Å²) in [6.45, 7) is 7.32. The number of hydrogen-bond donors (Lipinski definition) is 1. The van der Waals surface area contributed by atoms with Gasteiger partial charge in [0.05, 0.1) is 11.4 Å². The van der Waals surface area contributed by atoms with Crippen LogP contribution < -0.4 is 5.32 Å². The van der Waals surface area contributed by atoms with Crippen molar-refractivity contribution < 1.29 is 4.79 Å². The Labute approximate surface area is 78.2 Å². The summed E-state index contributed by atoms with van der Waals surface area (Å²) in [6, 6.07) is 1.94. The van der Waals surface area contributed by atoms with E-state index >= 15 is 0 Å². The van der Waals surface area contributed by atoms with E-state index in [0.29, 0.717) is 0 Å². The van der Waals surface area contributed by atoms with Crippen LogP contribution in [0.25, 0.3) is 0 Å². The van der Waals surface area contributed by atoms with Gasteiger partial charge < -0.3 is 5.32 Å². The van der Waals surface area contributed by atoms with Gasteiger partial charge in [0.2, 0.25) is 5.91 Å². The van der Waals surface area contributed by atoms with E-state index in [-0.39, 0.29) is 5.91 Å². The molecule has 1 N–H and O–H groups in total. The monoisotopic (exact) mass is 178 g/mol. The molecule has 0 bridgehead atoms. The lowest BCUT2D eigenvalue weighted by Crippen LogP contribution is -2.08. The first-order valence-corrected chi connectivity index (χ1v) is 4.23. The lowest BCUT2D eigenvalue weighted by molar-refractivity contribution is -0.114. The Bertz CT molecular complexity index is 345. The molecule has 0 saturated carbocycles. The zero-order chi connectivity index (χ0) is 10.0. The highest BCUT2D eigenvalue weighted by Crippen LogP contribution is 2.16. The van der Waals surface area contributed by atoms with E-state index in [1.165, 1.54) is 6.92 Å². The molecule has 13 heavy (non-hydrogen) atoms. The molecule has 0 atom stereocenters. The molecular weight excluding hydrogens is 164 g/mol. The van der Waals surface area contributed by atoms with Gasteiger partial charge in [0.1, 0.15) is 0 Å². The molecular formula is C10H14N2O. The second kappa shape index (κ2) is 3.56. The Morgan fingerprint density at radius 2 is 1.92 bits per heavy atom. The van der Waals surface area contributed by atoms with Gasteiger partial charge in [-0.3, -0.25) is 9.78 Å². The fourth-order valence-corrected chi connectivity index (χ4v) is 1.14. The van der Waals surface area contributed by atoms with Crippen molar-refractivity contribution in [3.8, 4) is 0 Å². The average molecular weight is 178 g/mol. The van der Waals surface area contributed by atoms with E-state index in [1.54, 1.807) is 0 Å². The zero-order valence-corrected chi connectivity index (χ0v) is 8.43. The Morgan fingerprint density at radius 1 is 1.31 bits per heavy atom. The van der Waals surface area contributed by atoms with Crippen LogP contribution in [0.4, 0.5) is 5.69 Å². The molecule has 1 aromatic rings. The van der Waals surface area contributed by atoms with Gasteiger partial charge in [0.25, 0.3) is 0 Å². The minimum Gasteiger partial charge on any atom is -0.325 e. The Hall–Kier alpha value is -1.38. The number of amides is 1. The summed E-state index contributed by atoms with van der Waals surface area (Å²) in [6.07, 6.45) is 0. The summed E-state index contributed by atoms with van der Waals surface area (Å²) < 4.78 is 0. The van der Waals surface area contributed by atoms with Crippen LogP contribution in [0.3, 0.4) is 0 Å². The largest absolute Gasteiger partial charge is 0.325 e. The molecule has 1 heterocycles. The molecule has 0 aliphatic rings. The van der Waals surface area contributed by atoms with Crippen molar-refractivity contribution in [2.45, 2.75) is 27.7 Å². The molecule has 1 amide bonds. The average Bonchev–Trinajstić information content (AvgIpc) is 1.99. The number of nitrogens with one attached hydrogen (secondary N) is 1. The van der Waals surface area contributed by atoms with Crippen molar-refractivity contribution in [1.29, 1.82) is 0 Å². The number of rotatable bonds is 1. The van der Waals surface area contributed by atoms with Gasteiger partial charge in [-0.25, -0.2) is 0 Å². The number of aromatic nitrogens is 1. The number of carbonyl (C=O) groups excluding carboxylic acids is 1. The third-order valence-electron chi connectivity index (χ3n) is 1.97. The number of nitrogens with zero attached hydrogens (tertiary/aromatic N) is 1. The first-order chi connectivity index (χ1) is 6.00. The molecule has 0 fully saturated rings. The van der Waals surface area contributed by atoms with Crippen molar-refractivity contribution in [2.24, 2.45) is 0 Å². The van der Waals surface area contributed by atoms with E-state index in [1.807, 2.05) is 26.8 Å². The molecule has 1 rings (SSSR count). The molecule has 3 heteroatoms. The van der Waals surface area contributed by atoms with Crippen LogP contribution in [0.1, 0.15) is 23.9 Å². The van der Waals surface area contributed by atoms with E-state index < -0.39 is 0 Å². The molecule has 0 saturated heterocycles. The van der Waals surface area contributed by atoms with Gasteiger partial charge in [-0.1, -0.05) is 0 Å². The van der Waals surface area contributed by atoms with Crippen molar-refractivity contribution >= 4 is 11.6 Å². The van der Waals surface area contributed by atoms with Gasteiger partial charge >= 0.3 is 0 Å². The SMILES string of the molecule is CC(=O)Nc1cc(C)c(C)nc1C. The standard InChI is InChI=1S/C10H14N2O/c1-6-5-10(12-9(4)13)8(3)11-7(6)2/h5H,1-4H3,(H,12,13). The second-order valence-electron chi connectivity index (χ2n) is 3.20. The maximum absolute atomic E-state index is 10.8. The first-order valence-electron chi connectivity index (χ1n) is 4.23. The topological polar surface area (TPSA) is 42.0 Å². The summed E-state index contributed by atoms with van der Waals surface area (Å²) >= 11 is 0. The van der Waals surface area contributed by atoms with Crippen LogP contribution in [0, 0.1) is 20.8 Å². The Morgan fingerprint density at radius 3 is 2.46 bits per heavy atom. The highest BCUT2D eigenvalue weighted by Gasteiger charge is 2.03. The normalized spacial score (nSPS) is 9.85. The predicted octanol–water partition coefficient (Wildman–Crippen LogP) is 1.97. The molecule has 70 valence electrons. The maximum atomic E-state index is 10.8. The smallest absolute Gasteiger partial charge is 0.221 e. The van der Waals surface area contributed by atoms with Gasteiger partial charge in [0, 0.05) is 12.6 Å². The first kappa shape index (κ1) is 9.71. The van der Waals surface area contributed by atoms with E-state index in [9.17, 15) is 4.79 Å². The zero-order valence-electron chi connectivity index (χ0n) is 8.43. The van der Waals surface area contributed by atoms with Gasteiger partial charge in [-0.05, 0) is 32.4 Å². The van der Waals surface area contributed by atoms with Crippen LogP contribution in [-0.4, -0.2) is 10.9 Å². The summed E-state index contributed by atoms with van der Waals surface area (Å²) in [5.74, 6) is -0.0619. The Kier molecular flexibility index (Phi) is 2.66. The van der Waals surface area contributed by atoms with Crippen LogP contribution in [0.2, 0.25) is 0 Å². The quantitative estimate of drug-likeness (QED) is 0.714. The lowest BCUT2D eigenvalue weighted by atomic mass is 10.2. The molecule has 0 radical (unpaired) electrons. The summed E-state index contributed by atoms with van der Waals surface area (Å²) in [5, 5.41) is 2.74. The van der Waals surface area contributed by atoms with E-state index in [4.69, 9.17) is 0 Å². The van der Waals surface area contributed by atoms with Crippen molar-refractivity contribution in [3.05, 3.63) is 23.0 Å². The Balaban J connectivity index is 3.08. The van der Waals surface area contributed by atoms with Crippen LogP contribution in [0.5, 0.6) is 0 Å². The number of anilines is 1. The summed E-state index contributed by atoms with van der Waals surface area (Å²) in [7, 11) is 0. The van der Waals surface area contributed by atoms with Crippen molar-refractivity contribution in [3.63, 3.8) is 0 Å². The summed E-state index contributed by atoms with van der Waals surface area (Å²) in [5.41, 5.74) is 3.76. The lowest BCUT2D eigenvalue weighted by Gasteiger charge is -2.08. The van der Waals surface area contributed by atoms with Gasteiger partial charge in [-0.15, -0.1) is 0 Å². The molecule has 0 unspecified atom stereocenters. The molecule has 3 nitrogen and oxygen atoms in total. The fraction of sp³-hybridized carbons (Fsp3) is 0.400. The third kappa shape index (κ3) is 2.28. The molecule has 0 spiro atoms. The van der Waals surface area contributed by atoms with Crippen LogP contribution in [0.15, 0.2) is 6.07 Å². The number of pyridine rings is 1. The third-order valence-corrected chi connectivity index (χ3v) is 1.97. The predicted molar refractivity (Wildman–Crippen MR) is 52.8 cm³/mol. The fourth-order valence-electron chi connectivity index (χ4n) is 1.14. The van der Waals surface area contributed by atoms with Gasteiger partial charge in [-0.2, -0.15) is 0 Å². The minimum absolute atomic E-state index is 0.0619. The molecule has 0 aliphatic heterocycles.